The van der Waals surface area contributed by atoms with E-state index in [2.05, 4.69) is 33.3 Å². The zero-order valence-electron chi connectivity index (χ0n) is 19.1. The number of H-pyrrole nitrogens is 1. The van der Waals surface area contributed by atoms with E-state index in [4.69, 9.17) is 4.74 Å². The Kier molecular flexibility index (Phi) is 6.01. The minimum Gasteiger partial charge on any atom is -0.497 e. The van der Waals surface area contributed by atoms with Crippen LogP contribution in [0.25, 0.3) is 22.2 Å². The fraction of sp³-hybridized carbons (Fsp3) is 0.296. The number of piperidine rings is 1. The summed E-state index contributed by atoms with van der Waals surface area (Å²) in [4.78, 5) is 10.4. The standard InChI is InChI=1S/C27H29FN4O/c1-32-12-9-19(10-13-32)26-16-24-22(8-11-29-27(24)31-26)23-15-20(6-7-25(23)28)30-17-18-4-3-5-21(14-18)33-2/h3-8,11,14-16,19,30H,9-10,12-13,17H2,1-2H3,(H,29,31). The van der Waals surface area contributed by atoms with Crippen molar-refractivity contribution in [2.24, 2.45) is 0 Å². The Hall–Kier alpha value is -3.38. The smallest absolute Gasteiger partial charge is 0.138 e. The van der Waals surface area contributed by atoms with Gasteiger partial charge >= 0.3 is 0 Å². The number of ether oxygens (including phenoxy) is 1. The van der Waals surface area contributed by atoms with Crippen LogP contribution in [0.15, 0.2) is 60.8 Å². The van der Waals surface area contributed by atoms with Gasteiger partial charge in [0.05, 0.1) is 7.11 Å². The van der Waals surface area contributed by atoms with E-state index in [1.807, 2.05) is 36.4 Å². The quantitative estimate of drug-likeness (QED) is 0.395. The molecule has 2 aromatic carbocycles. The average molecular weight is 445 g/mol. The lowest BCUT2D eigenvalue weighted by Gasteiger charge is -2.28. The molecule has 4 aromatic rings. The molecule has 1 fully saturated rings. The van der Waals surface area contributed by atoms with Gasteiger partial charge in [-0.3, -0.25) is 0 Å². The summed E-state index contributed by atoms with van der Waals surface area (Å²) in [5, 5.41) is 4.38. The molecule has 0 bridgehead atoms. The molecular weight excluding hydrogens is 415 g/mol. The maximum Gasteiger partial charge on any atom is 0.138 e. The van der Waals surface area contributed by atoms with Crippen molar-refractivity contribution in [1.29, 1.82) is 0 Å². The molecule has 1 aliphatic heterocycles. The van der Waals surface area contributed by atoms with E-state index in [1.165, 1.54) is 11.8 Å². The minimum atomic E-state index is -0.239. The number of fused-ring (bicyclic) bond motifs is 1. The van der Waals surface area contributed by atoms with Crippen molar-refractivity contribution < 1.29 is 9.13 Å². The van der Waals surface area contributed by atoms with Crippen LogP contribution in [0.4, 0.5) is 10.1 Å². The second-order valence-corrected chi connectivity index (χ2v) is 8.82. The third kappa shape index (κ3) is 4.57. The summed E-state index contributed by atoms with van der Waals surface area (Å²) in [6, 6.07) is 17.2. The fourth-order valence-electron chi connectivity index (χ4n) is 4.65. The number of nitrogens with one attached hydrogen (secondary N) is 2. The molecule has 0 saturated carbocycles. The molecule has 0 spiro atoms. The van der Waals surface area contributed by atoms with Gasteiger partial charge in [0.1, 0.15) is 17.2 Å². The van der Waals surface area contributed by atoms with E-state index < -0.39 is 0 Å². The van der Waals surface area contributed by atoms with Crippen LogP contribution in [0.2, 0.25) is 0 Å². The van der Waals surface area contributed by atoms with E-state index in [0.29, 0.717) is 18.0 Å². The maximum absolute atomic E-state index is 15.0. The van der Waals surface area contributed by atoms with Crippen molar-refractivity contribution in [2.75, 3.05) is 32.6 Å². The number of halogens is 1. The largest absolute Gasteiger partial charge is 0.497 e. The van der Waals surface area contributed by atoms with Crippen molar-refractivity contribution in [2.45, 2.75) is 25.3 Å². The van der Waals surface area contributed by atoms with Gasteiger partial charge in [-0.25, -0.2) is 9.37 Å². The third-order valence-electron chi connectivity index (χ3n) is 6.60. The first-order chi connectivity index (χ1) is 16.1. The minimum absolute atomic E-state index is 0.239. The van der Waals surface area contributed by atoms with Gasteiger partial charge in [-0.05, 0) is 86.6 Å². The summed E-state index contributed by atoms with van der Waals surface area (Å²) in [5.74, 6) is 1.07. The average Bonchev–Trinajstić information content (AvgIpc) is 3.29. The van der Waals surface area contributed by atoms with Gasteiger partial charge in [-0.15, -0.1) is 0 Å². The van der Waals surface area contributed by atoms with Crippen LogP contribution < -0.4 is 10.1 Å². The molecule has 2 aromatic heterocycles. The van der Waals surface area contributed by atoms with Crippen LogP contribution in [0.3, 0.4) is 0 Å². The monoisotopic (exact) mass is 444 g/mol. The fourth-order valence-corrected chi connectivity index (χ4v) is 4.65. The van der Waals surface area contributed by atoms with Crippen LogP contribution in [0, 0.1) is 5.82 Å². The van der Waals surface area contributed by atoms with E-state index >= 15 is 0 Å². The Bertz CT molecular complexity index is 1260. The predicted octanol–water partition coefficient (Wildman–Crippen LogP) is 5.80. The lowest BCUT2D eigenvalue weighted by molar-refractivity contribution is 0.254. The number of benzene rings is 2. The molecule has 0 unspecified atom stereocenters. The molecule has 0 aliphatic carbocycles. The van der Waals surface area contributed by atoms with Gasteiger partial charge in [0, 0.05) is 41.0 Å². The van der Waals surface area contributed by atoms with Gasteiger partial charge in [0.2, 0.25) is 0 Å². The molecule has 3 heterocycles. The highest BCUT2D eigenvalue weighted by Crippen LogP contribution is 2.35. The van der Waals surface area contributed by atoms with Crippen LogP contribution in [0.5, 0.6) is 5.75 Å². The predicted molar refractivity (Wildman–Crippen MR) is 131 cm³/mol. The van der Waals surface area contributed by atoms with E-state index in [9.17, 15) is 4.39 Å². The number of rotatable bonds is 6. The Morgan fingerprint density at radius 3 is 2.76 bits per heavy atom. The van der Waals surface area contributed by atoms with Crippen molar-refractivity contribution in [1.82, 2.24) is 14.9 Å². The van der Waals surface area contributed by atoms with Crippen LogP contribution in [-0.2, 0) is 6.54 Å². The van der Waals surface area contributed by atoms with Gasteiger partial charge in [-0.2, -0.15) is 0 Å². The molecule has 5 nitrogen and oxygen atoms in total. The number of anilines is 1. The summed E-state index contributed by atoms with van der Waals surface area (Å²) in [7, 11) is 3.83. The van der Waals surface area contributed by atoms with Crippen LogP contribution >= 0.6 is 0 Å². The Labute approximate surface area is 193 Å². The molecule has 0 amide bonds. The summed E-state index contributed by atoms with van der Waals surface area (Å²) in [5.41, 5.74) is 5.41. The van der Waals surface area contributed by atoms with Gasteiger partial charge in [0.15, 0.2) is 0 Å². The Morgan fingerprint density at radius 2 is 1.94 bits per heavy atom. The molecule has 6 heteroatoms. The molecule has 33 heavy (non-hydrogen) atoms. The summed E-state index contributed by atoms with van der Waals surface area (Å²) >= 11 is 0. The van der Waals surface area contributed by atoms with Crippen LogP contribution in [-0.4, -0.2) is 42.1 Å². The topological polar surface area (TPSA) is 53.2 Å². The normalized spacial score (nSPS) is 15.1. The molecular formula is C27H29FN4O. The number of methoxy groups -OCH3 is 1. The first-order valence-electron chi connectivity index (χ1n) is 11.4. The number of hydrogen-bond acceptors (Lipinski definition) is 4. The Morgan fingerprint density at radius 1 is 1.09 bits per heavy atom. The summed E-state index contributed by atoms with van der Waals surface area (Å²) < 4.78 is 20.3. The number of likely N-dealkylation sites (tertiary alicyclic amines) is 1. The van der Waals surface area contributed by atoms with Gasteiger partial charge < -0.3 is 19.9 Å². The van der Waals surface area contributed by atoms with E-state index in [-0.39, 0.29) is 5.82 Å². The Balaban J connectivity index is 1.43. The molecule has 5 rings (SSSR count). The van der Waals surface area contributed by atoms with E-state index in [0.717, 1.165) is 59.5 Å². The summed E-state index contributed by atoms with van der Waals surface area (Å²) in [6.07, 6.45) is 4.00. The van der Waals surface area contributed by atoms with Gasteiger partial charge in [0.25, 0.3) is 0 Å². The van der Waals surface area contributed by atoms with Crippen LogP contribution in [0.1, 0.15) is 30.0 Å². The van der Waals surface area contributed by atoms with Crippen molar-refractivity contribution in [3.8, 4) is 16.9 Å². The number of aromatic amines is 1. The number of hydrogen-bond donors (Lipinski definition) is 2. The molecule has 0 radical (unpaired) electrons. The lowest BCUT2D eigenvalue weighted by Crippen LogP contribution is -2.29. The van der Waals surface area contributed by atoms with Crippen molar-refractivity contribution in [3.05, 3.63) is 77.9 Å². The van der Waals surface area contributed by atoms with Gasteiger partial charge in [-0.1, -0.05) is 12.1 Å². The first kappa shape index (κ1) is 21.5. The molecule has 1 aliphatic rings. The van der Waals surface area contributed by atoms with Crippen molar-refractivity contribution >= 4 is 16.7 Å². The highest BCUT2D eigenvalue weighted by atomic mass is 19.1. The molecule has 2 N–H and O–H groups in total. The third-order valence-corrected chi connectivity index (χ3v) is 6.60. The highest BCUT2D eigenvalue weighted by Gasteiger charge is 2.21. The summed E-state index contributed by atoms with van der Waals surface area (Å²) in [6.45, 7) is 2.81. The highest BCUT2D eigenvalue weighted by molar-refractivity contribution is 5.94. The number of pyridine rings is 1. The zero-order valence-corrected chi connectivity index (χ0v) is 19.1. The maximum atomic E-state index is 15.0. The number of aromatic nitrogens is 2. The lowest BCUT2D eigenvalue weighted by atomic mass is 9.93. The van der Waals surface area contributed by atoms with Crippen molar-refractivity contribution in [3.63, 3.8) is 0 Å². The first-order valence-corrected chi connectivity index (χ1v) is 11.4. The second-order valence-electron chi connectivity index (χ2n) is 8.82. The molecule has 1 saturated heterocycles. The zero-order chi connectivity index (χ0) is 22.8. The SMILES string of the molecule is COc1cccc(CNc2ccc(F)c(-c3ccnc4[nH]c(C5CCN(C)CC5)cc34)c2)c1. The molecule has 0 atom stereocenters. The molecule has 170 valence electrons. The van der Waals surface area contributed by atoms with E-state index in [1.54, 1.807) is 19.4 Å². The second kappa shape index (κ2) is 9.24. The number of nitrogens with zero attached hydrogens (tertiary/aromatic N) is 2.